The van der Waals surface area contributed by atoms with Gasteiger partial charge in [0.2, 0.25) is 0 Å². The minimum Gasteiger partial charge on any atom is -0.463 e. The first-order valence-electron chi connectivity index (χ1n) is 3.18. The van der Waals surface area contributed by atoms with Crippen LogP contribution in [0.2, 0.25) is 0 Å². The number of esters is 1. The maximum Gasteiger partial charge on any atom is 0.306 e. The van der Waals surface area contributed by atoms with E-state index < -0.39 is 0 Å². The van der Waals surface area contributed by atoms with Crippen molar-refractivity contribution < 1.29 is 14.6 Å². The number of ether oxygens (including phenoxy) is 1. The van der Waals surface area contributed by atoms with E-state index in [2.05, 4.69) is 11.3 Å². The van der Waals surface area contributed by atoms with Crippen molar-refractivity contribution in [1.29, 1.82) is 0 Å². The normalized spacial score (nSPS) is 8.90. The molecule has 0 saturated heterocycles. The van der Waals surface area contributed by atoms with Crippen LogP contribution in [0.25, 0.3) is 0 Å². The van der Waals surface area contributed by atoms with E-state index in [4.69, 9.17) is 5.11 Å². The molecule has 0 atom stereocenters. The molecule has 0 aromatic carbocycles. The quantitative estimate of drug-likeness (QED) is 0.451. The van der Waals surface area contributed by atoms with E-state index in [0.717, 1.165) is 0 Å². The second-order valence-corrected chi connectivity index (χ2v) is 1.77. The van der Waals surface area contributed by atoms with Gasteiger partial charge >= 0.3 is 5.97 Å². The summed E-state index contributed by atoms with van der Waals surface area (Å²) in [5.74, 6) is -0.283. The van der Waals surface area contributed by atoms with Crippen molar-refractivity contribution in [1.82, 2.24) is 0 Å². The first-order chi connectivity index (χ1) is 4.81. The molecule has 0 amide bonds. The fourth-order valence-corrected chi connectivity index (χ4v) is 0.452. The zero-order valence-corrected chi connectivity index (χ0v) is 5.88. The summed E-state index contributed by atoms with van der Waals surface area (Å²) in [6.07, 6.45) is 2.63. The number of aliphatic hydroxyl groups excluding tert-OH is 1. The Labute approximate surface area is 60.3 Å². The van der Waals surface area contributed by atoms with Gasteiger partial charge in [0.15, 0.2) is 0 Å². The molecule has 0 aromatic heterocycles. The first-order valence-corrected chi connectivity index (χ1v) is 3.18. The van der Waals surface area contributed by atoms with Crippen LogP contribution in [-0.4, -0.2) is 24.3 Å². The molecule has 3 heteroatoms. The Morgan fingerprint density at radius 1 is 1.70 bits per heavy atom. The number of carbonyl (C=O) groups is 1. The largest absolute Gasteiger partial charge is 0.463 e. The van der Waals surface area contributed by atoms with Crippen LogP contribution in [0.15, 0.2) is 12.7 Å². The Kier molecular flexibility index (Phi) is 5.77. The Morgan fingerprint density at radius 2 is 2.40 bits per heavy atom. The minimum absolute atomic E-state index is 0.0932. The summed E-state index contributed by atoms with van der Waals surface area (Å²) < 4.78 is 4.56. The molecule has 10 heavy (non-hydrogen) atoms. The zero-order valence-electron chi connectivity index (χ0n) is 5.88. The first kappa shape index (κ1) is 9.17. The summed E-state index contributed by atoms with van der Waals surface area (Å²) in [4.78, 5) is 10.6. The monoisotopic (exact) mass is 144 g/mol. The molecule has 1 N–H and O–H groups in total. The number of hydrogen-bond acceptors (Lipinski definition) is 3. The van der Waals surface area contributed by atoms with E-state index in [0.29, 0.717) is 12.8 Å². The molecular formula is C7H12O3. The van der Waals surface area contributed by atoms with E-state index in [1.165, 1.54) is 0 Å². The Hall–Kier alpha value is -0.830. The standard InChI is InChI=1S/C7H12O3/c1-2-3-4-7(9)10-6-5-8/h2,8H,1,3-6H2. The van der Waals surface area contributed by atoms with Gasteiger partial charge in [-0.1, -0.05) is 6.08 Å². The van der Waals surface area contributed by atoms with Crippen molar-refractivity contribution in [3.8, 4) is 0 Å². The highest BCUT2D eigenvalue weighted by atomic mass is 16.5. The van der Waals surface area contributed by atoms with Crippen LogP contribution in [0, 0.1) is 0 Å². The molecule has 0 saturated carbocycles. The molecule has 0 unspecified atom stereocenters. The summed E-state index contributed by atoms with van der Waals surface area (Å²) in [6.45, 7) is 3.44. The van der Waals surface area contributed by atoms with Crippen LogP contribution >= 0.6 is 0 Å². The maximum absolute atomic E-state index is 10.6. The second kappa shape index (κ2) is 6.29. The van der Waals surface area contributed by atoms with Crippen molar-refractivity contribution >= 4 is 5.97 Å². The highest BCUT2D eigenvalue weighted by molar-refractivity contribution is 5.69. The van der Waals surface area contributed by atoms with Crippen LogP contribution in [0.1, 0.15) is 12.8 Å². The van der Waals surface area contributed by atoms with E-state index >= 15 is 0 Å². The molecule has 0 radical (unpaired) electrons. The molecule has 0 spiro atoms. The van der Waals surface area contributed by atoms with Crippen molar-refractivity contribution in [2.24, 2.45) is 0 Å². The Balaban J connectivity index is 3.16. The zero-order chi connectivity index (χ0) is 7.82. The second-order valence-electron chi connectivity index (χ2n) is 1.77. The summed E-state index contributed by atoms with van der Waals surface area (Å²) in [6, 6.07) is 0. The number of carbonyl (C=O) groups excluding carboxylic acids is 1. The van der Waals surface area contributed by atoms with Crippen LogP contribution < -0.4 is 0 Å². The Morgan fingerprint density at radius 3 is 2.90 bits per heavy atom. The van der Waals surface area contributed by atoms with Crippen LogP contribution in [0.4, 0.5) is 0 Å². The molecule has 0 bridgehead atoms. The maximum atomic E-state index is 10.6. The van der Waals surface area contributed by atoms with Crippen molar-refractivity contribution in [3.05, 3.63) is 12.7 Å². The van der Waals surface area contributed by atoms with Crippen LogP contribution in [0.5, 0.6) is 0 Å². The lowest BCUT2D eigenvalue weighted by molar-refractivity contribution is -0.144. The van der Waals surface area contributed by atoms with Crippen LogP contribution in [-0.2, 0) is 9.53 Å². The average Bonchev–Trinajstić information content (AvgIpc) is 1.97. The summed E-state index contributed by atoms with van der Waals surface area (Å²) >= 11 is 0. The average molecular weight is 144 g/mol. The highest BCUT2D eigenvalue weighted by Crippen LogP contribution is 1.91. The number of rotatable bonds is 5. The molecular weight excluding hydrogens is 132 g/mol. The van der Waals surface area contributed by atoms with Gasteiger partial charge < -0.3 is 9.84 Å². The highest BCUT2D eigenvalue weighted by Gasteiger charge is 1.98. The van der Waals surface area contributed by atoms with Gasteiger partial charge in [-0.05, 0) is 6.42 Å². The van der Waals surface area contributed by atoms with E-state index in [1.807, 2.05) is 0 Å². The molecule has 0 aliphatic heterocycles. The van der Waals surface area contributed by atoms with Crippen molar-refractivity contribution in [3.63, 3.8) is 0 Å². The molecule has 0 aromatic rings. The molecule has 0 aliphatic rings. The molecule has 0 rings (SSSR count). The van der Waals surface area contributed by atoms with Crippen molar-refractivity contribution in [2.45, 2.75) is 12.8 Å². The van der Waals surface area contributed by atoms with E-state index in [-0.39, 0.29) is 19.2 Å². The fourth-order valence-electron chi connectivity index (χ4n) is 0.452. The fraction of sp³-hybridized carbons (Fsp3) is 0.571. The van der Waals surface area contributed by atoms with Gasteiger partial charge in [0.1, 0.15) is 6.61 Å². The summed E-state index contributed by atoms with van der Waals surface area (Å²) in [5, 5.41) is 8.24. The van der Waals surface area contributed by atoms with Gasteiger partial charge in [0.05, 0.1) is 6.61 Å². The van der Waals surface area contributed by atoms with Crippen LogP contribution in [0.3, 0.4) is 0 Å². The number of allylic oxidation sites excluding steroid dienone is 1. The SMILES string of the molecule is C=CCCC(=O)OCCO. The lowest BCUT2D eigenvalue weighted by atomic mass is 10.3. The molecule has 0 aliphatic carbocycles. The van der Waals surface area contributed by atoms with Gasteiger partial charge in [0.25, 0.3) is 0 Å². The predicted molar refractivity (Wildman–Crippen MR) is 37.5 cm³/mol. The molecule has 0 heterocycles. The Bertz CT molecular complexity index is 109. The van der Waals surface area contributed by atoms with Gasteiger partial charge in [0, 0.05) is 6.42 Å². The smallest absolute Gasteiger partial charge is 0.306 e. The topological polar surface area (TPSA) is 46.5 Å². The number of aliphatic hydroxyl groups is 1. The van der Waals surface area contributed by atoms with Gasteiger partial charge in [-0.15, -0.1) is 6.58 Å². The van der Waals surface area contributed by atoms with E-state index in [9.17, 15) is 4.79 Å². The summed E-state index contributed by atoms with van der Waals surface area (Å²) in [5.41, 5.74) is 0. The minimum atomic E-state index is -0.283. The van der Waals surface area contributed by atoms with Crippen molar-refractivity contribution in [2.75, 3.05) is 13.2 Å². The molecule has 58 valence electrons. The van der Waals surface area contributed by atoms with E-state index in [1.54, 1.807) is 6.08 Å². The molecule has 0 fully saturated rings. The third kappa shape index (κ3) is 5.31. The summed E-state index contributed by atoms with van der Waals surface area (Å²) in [7, 11) is 0. The van der Waals surface area contributed by atoms with Gasteiger partial charge in [-0.2, -0.15) is 0 Å². The third-order valence-corrected chi connectivity index (χ3v) is 0.907. The predicted octanol–water partition coefficient (Wildman–Crippen LogP) is 0.488. The van der Waals surface area contributed by atoms with Gasteiger partial charge in [-0.25, -0.2) is 0 Å². The lowest BCUT2D eigenvalue weighted by Crippen LogP contribution is -2.07. The third-order valence-electron chi connectivity index (χ3n) is 0.907. The lowest BCUT2D eigenvalue weighted by Gasteiger charge is -1.99. The number of hydrogen-bond donors (Lipinski definition) is 1. The molecule has 3 nitrogen and oxygen atoms in total. The van der Waals surface area contributed by atoms with Gasteiger partial charge in [-0.3, -0.25) is 4.79 Å².